The number of ether oxygens (including phenoxy) is 2. The summed E-state index contributed by atoms with van der Waals surface area (Å²) in [5.41, 5.74) is 2.99. The number of aromatic nitrogens is 6. The van der Waals surface area contributed by atoms with Crippen LogP contribution in [-0.2, 0) is 40.1 Å². The molecule has 16 nitrogen and oxygen atoms in total. The Bertz CT molecular complexity index is 2090. The van der Waals surface area contributed by atoms with E-state index in [4.69, 9.17) is 21.1 Å². The minimum absolute atomic E-state index is 0.0418. The van der Waals surface area contributed by atoms with E-state index in [1.165, 1.54) is 24.2 Å². The van der Waals surface area contributed by atoms with Gasteiger partial charge in [0.15, 0.2) is 15.5 Å². The van der Waals surface area contributed by atoms with Crippen molar-refractivity contribution in [2.75, 3.05) is 31.0 Å². The molecule has 266 valence electrons. The monoisotopic (exact) mass is 735 g/mol. The van der Waals surface area contributed by atoms with E-state index >= 15 is 0 Å². The normalized spacial score (nSPS) is 16.1. The number of imidazole rings is 1. The van der Waals surface area contributed by atoms with Crippen molar-refractivity contribution in [3.63, 3.8) is 0 Å². The number of H-pyrrole nitrogens is 1. The molecule has 1 amide bonds. The fourth-order valence-electron chi connectivity index (χ4n) is 5.44. The molecule has 51 heavy (non-hydrogen) atoms. The Hall–Kier alpha value is -5.60. The van der Waals surface area contributed by atoms with E-state index in [1.807, 2.05) is 0 Å². The number of halogens is 1. The number of nitrogens with one attached hydrogen (secondary N) is 3. The molecular weight excluding hydrogens is 702 g/mol. The van der Waals surface area contributed by atoms with E-state index in [-0.39, 0.29) is 30.9 Å². The number of anilines is 1. The predicted octanol–water partition coefficient (Wildman–Crippen LogP) is 3.11. The van der Waals surface area contributed by atoms with Crippen LogP contribution >= 0.6 is 11.6 Å². The molecule has 0 unspecified atom stereocenters. The molecule has 2 bridgehead atoms. The summed E-state index contributed by atoms with van der Waals surface area (Å²) in [7, 11) is -2.09. The largest absolute Gasteiger partial charge is 0.469 e. The number of carbonyl (C=O) groups is 3. The van der Waals surface area contributed by atoms with Crippen molar-refractivity contribution in [2.24, 2.45) is 0 Å². The molecule has 3 N–H and O–H groups in total. The average molecular weight is 736 g/mol. The van der Waals surface area contributed by atoms with Crippen LogP contribution in [0.5, 0.6) is 0 Å². The minimum Gasteiger partial charge on any atom is -0.469 e. The van der Waals surface area contributed by atoms with Crippen molar-refractivity contribution in [1.29, 1.82) is 5.26 Å². The molecule has 2 aromatic heterocycles. The highest BCUT2D eigenvalue weighted by molar-refractivity contribution is 7.90. The smallest absolute Gasteiger partial charge is 0.328 e. The van der Waals surface area contributed by atoms with Gasteiger partial charge in [0.2, 0.25) is 5.91 Å². The Morgan fingerprint density at radius 3 is 2.71 bits per heavy atom. The molecular formula is C33H34ClN9O7S. The van der Waals surface area contributed by atoms with Crippen LogP contribution in [0.4, 0.5) is 5.69 Å². The lowest BCUT2D eigenvalue weighted by atomic mass is 10.00. The highest BCUT2D eigenvalue weighted by Gasteiger charge is 2.27. The van der Waals surface area contributed by atoms with Crippen molar-refractivity contribution in [3.8, 4) is 23.0 Å². The van der Waals surface area contributed by atoms with Gasteiger partial charge in [-0.3, -0.25) is 9.59 Å². The standard InChI is InChI=1S/C33H34ClN9O7S/c1-49-30(45)16-20-7-10-23-26(15-20)37-25(33(46)50-13-14-51(2,47)48)6-4-3-5-24(32-39-27(18-35)31(23)40-32)38-29(44)12-8-21-17-22(34)9-11-28(21)43-19-36-41-42-43/h7-12,15,17,19,24-25,37H,3-6,13-14,16H2,1-2H3,(H,38,44)(H,39,40)/b12-8+/t24-,25+/m0/s1. The summed E-state index contributed by atoms with van der Waals surface area (Å²) in [6.45, 7) is -0.318. The van der Waals surface area contributed by atoms with Gasteiger partial charge in [0.05, 0.1) is 36.7 Å². The van der Waals surface area contributed by atoms with Gasteiger partial charge < -0.3 is 25.1 Å². The lowest BCUT2D eigenvalue weighted by molar-refractivity contribution is -0.144. The summed E-state index contributed by atoms with van der Waals surface area (Å²) in [4.78, 5) is 46.4. The molecule has 5 rings (SSSR count). The number of amides is 1. The second kappa shape index (κ2) is 16.4. The third kappa shape index (κ3) is 9.77. The van der Waals surface area contributed by atoms with Crippen molar-refractivity contribution >= 4 is 51.0 Å². The molecule has 0 saturated heterocycles. The summed E-state index contributed by atoms with van der Waals surface area (Å²) in [6.07, 6.45) is 7.04. The molecule has 3 heterocycles. The van der Waals surface area contributed by atoms with Crippen LogP contribution in [-0.4, -0.2) is 88.2 Å². The van der Waals surface area contributed by atoms with Gasteiger partial charge in [-0.05, 0) is 59.2 Å². The summed E-state index contributed by atoms with van der Waals surface area (Å²) >= 11 is 6.22. The number of methoxy groups -OCH3 is 1. The Morgan fingerprint density at radius 1 is 1.18 bits per heavy atom. The number of fused-ring (bicyclic) bond motifs is 4. The van der Waals surface area contributed by atoms with Gasteiger partial charge in [-0.2, -0.15) is 9.94 Å². The maximum atomic E-state index is 13.3. The summed E-state index contributed by atoms with van der Waals surface area (Å²) in [5, 5.41) is 28.0. The molecule has 0 fully saturated rings. The number of sulfone groups is 1. The van der Waals surface area contributed by atoms with Gasteiger partial charge in [-0.25, -0.2) is 18.2 Å². The lowest BCUT2D eigenvalue weighted by Gasteiger charge is -2.22. The van der Waals surface area contributed by atoms with Crippen LogP contribution < -0.4 is 10.6 Å². The number of hydrogen-bond donors (Lipinski definition) is 3. The van der Waals surface area contributed by atoms with Crippen molar-refractivity contribution in [2.45, 2.75) is 44.2 Å². The van der Waals surface area contributed by atoms with Crippen LogP contribution in [0.1, 0.15) is 54.4 Å². The number of rotatable bonds is 10. The SMILES string of the molecule is COC(=O)Cc1ccc2c(c1)N[C@@H](C(=O)OCCS(C)(=O)=O)CCCC[C@H](NC(=O)/C=C/c1cc(Cl)ccc1-n1cnnn1)c1nc(C#N)c-2[nH]1. The zero-order valence-electron chi connectivity index (χ0n) is 27.6. The first-order valence-corrected chi connectivity index (χ1v) is 18.2. The number of tetrazole rings is 1. The third-order valence-corrected chi connectivity index (χ3v) is 9.10. The Labute approximate surface area is 298 Å². The third-order valence-electron chi connectivity index (χ3n) is 7.95. The van der Waals surface area contributed by atoms with Gasteiger partial charge >= 0.3 is 11.9 Å². The molecule has 18 heteroatoms. The number of benzene rings is 2. The molecule has 0 spiro atoms. The van der Waals surface area contributed by atoms with E-state index in [2.05, 4.69) is 42.2 Å². The van der Waals surface area contributed by atoms with Gasteiger partial charge in [0, 0.05) is 34.2 Å². The highest BCUT2D eigenvalue weighted by Crippen LogP contribution is 2.34. The summed E-state index contributed by atoms with van der Waals surface area (Å²) < 4.78 is 34.9. The molecule has 1 aliphatic rings. The second-order valence-electron chi connectivity index (χ2n) is 11.7. The van der Waals surface area contributed by atoms with Crippen LogP contribution in [0.25, 0.3) is 23.0 Å². The summed E-state index contributed by atoms with van der Waals surface area (Å²) in [5.74, 6) is -1.57. The summed E-state index contributed by atoms with van der Waals surface area (Å²) in [6, 6.07) is 10.6. The van der Waals surface area contributed by atoms with Crippen LogP contribution in [0.2, 0.25) is 5.02 Å². The molecule has 2 atom stereocenters. The number of aromatic amines is 1. The van der Waals surface area contributed by atoms with Crippen molar-refractivity contribution < 1.29 is 32.3 Å². The first kappa shape index (κ1) is 36.7. The molecule has 2 aromatic carbocycles. The Morgan fingerprint density at radius 2 is 1.98 bits per heavy atom. The fraction of sp³-hybridized carbons (Fsp3) is 0.333. The quantitative estimate of drug-likeness (QED) is 0.157. The lowest BCUT2D eigenvalue weighted by Crippen LogP contribution is -2.33. The van der Waals surface area contributed by atoms with Crippen LogP contribution in [0.3, 0.4) is 0 Å². The molecule has 0 saturated carbocycles. The maximum Gasteiger partial charge on any atom is 0.328 e. The first-order chi connectivity index (χ1) is 24.4. The van der Waals surface area contributed by atoms with Gasteiger partial charge in [0.25, 0.3) is 0 Å². The number of esters is 2. The topological polar surface area (TPSA) is 224 Å². The highest BCUT2D eigenvalue weighted by atomic mass is 35.5. The molecule has 0 radical (unpaired) electrons. The number of nitriles is 1. The van der Waals surface area contributed by atoms with Gasteiger partial charge in [0.1, 0.15) is 30.9 Å². The van der Waals surface area contributed by atoms with E-state index < -0.39 is 39.8 Å². The molecule has 0 aliphatic carbocycles. The zero-order chi connectivity index (χ0) is 36.5. The second-order valence-corrected chi connectivity index (χ2v) is 14.4. The van der Waals surface area contributed by atoms with E-state index in [1.54, 1.807) is 42.5 Å². The van der Waals surface area contributed by atoms with Crippen LogP contribution in [0.15, 0.2) is 48.8 Å². The Kier molecular flexibility index (Phi) is 11.8. The minimum atomic E-state index is -3.37. The van der Waals surface area contributed by atoms with Crippen LogP contribution in [0, 0.1) is 11.3 Å². The van der Waals surface area contributed by atoms with E-state index in [0.29, 0.717) is 63.9 Å². The maximum absolute atomic E-state index is 13.3. The van der Waals surface area contributed by atoms with E-state index in [9.17, 15) is 28.1 Å². The Balaban J connectivity index is 1.46. The number of hydrogen-bond acceptors (Lipinski definition) is 13. The number of carbonyl (C=O) groups excluding carboxylic acids is 3. The fourth-order valence-corrected chi connectivity index (χ4v) is 6.01. The molecule has 4 aromatic rings. The zero-order valence-corrected chi connectivity index (χ0v) is 29.2. The average Bonchev–Trinajstić information content (AvgIpc) is 3.78. The first-order valence-electron chi connectivity index (χ1n) is 15.8. The predicted molar refractivity (Wildman–Crippen MR) is 185 cm³/mol. The molecule has 1 aliphatic heterocycles. The van der Waals surface area contributed by atoms with Crippen molar-refractivity contribution in [1.82, 2.24) is 35.5 Å². The van der Waals surface area contributed by atoms with Gasteiger partial charge in [-0.1, -0.05) is 36.6 Å². The van der Waals surface area contributed by atoms with Gasteiger partial charge in [-0.15, -0.1) is 5.10 Å². The van der Waals surface area contributed by atoms with Crippen molar-refractivity contribution in [3.05, 3.63) is 76.5 Å². The van der Waals surface area contributed by atoms with E-state index in [0.717, 1.165) is 6.26 Å². The number of nitrogens with zero attached hydrogens (tertiary/aromatic N) is 6.